The molecule has 8 heteroatoms. The molecule has 2 rings (SSSR count). The van der Waals surface area contributed by atoms with Gasteiger partial charge in [-0.3, -0.25) is 4.79 Å². The van der Waals surface area contributed by atoms with Crippen LogP contribution in [-0.2, 0) is 9.53 Å². The highest BCUT2D eigenvalue weighted by Gasteiger charge is 2.69. The van der Waals surface area contributed by atoms with Gasteiger partial charge in [0, 0.05) is 5.54 Å². The van der Waals surface area contributed by atoms with Crippen molar-refractivity contribution in [3.05, 3.63) is 0 Å². The van der Waals surface area contributed by atoms with E-state index in [1.165, 1.54) is 6.92 Å². The van der Waals surface area contributed by atoms with E-state index in [2.05, 4.69) is 19.2 Å². The maximum atomic E-state index is 11.9. The summed E-state index contributed by atoms with van der Waals surface area (Å²) < 4.78 is 5.61. The van der Waals surface area contributed by atoms with Gasteiger partial charge in [0.1, 0.15) is 6.10 Å². The van der Waals surface area contributed by atoms with Crippen LogP contribution in [-0.4, -0.2) is 73.8 Å². The number of nitrogens with one attached hydrogen (secondary N) is 1. The predicted octanol–water partition coefficient (Wildman–Crippen LogP) is 0.286. The molecule has 2 fully saturated rings. The molecule has 6 N–H and O–H groups in total. The van der Waals surface area contributed by atoms with Gasteiger partial charge in [-0.2, -0.15) is 0 Å². The van der Waals surface area contributed by atoms with Crippen molar-refractivity contribution in [2.24, 2.45) is 17.3 Å². The molecule has 8 unspecified atom stereocenters. The molecule has 0 bridgehead atoms. The molecule has 0 spiro atoms. The molecule has 8 nitrogen and oxygen atoms in total. The summed E-state index contributed by atoms with van der Waals surface area (Å²) >= 11 is 0. The van der Waals surface area contributed by atoms with Crippen LogP contribution in [0.15, 0.2) is 0 Å². The summed E-state index contributed by atoms with van der Waals surface area (Å²) in [5.74, 6) is -3.52. The number of carbonyl (C=O) groups excluding carboxylic acids is 1. The fourth-order valence-corrected chi connectivity index (χ4v) is 5.23. The van der Waals surface area contributed by atoms with Gasteiger partial charge in [-0.05, 0) is 45.4 Å². The fraction of sp³-hybridized carbons (Fsp3) is 0.952. The van der Waals surface area contributed by atoms with E-state index >= 15 is 0 Å². The number of carbonyl (C=O) groups is 1. The Morgan fingerprint density at radius 1 is 1.24 bits per heavy atom. The Morgan fingerprint density at radius 3 is 2.38 bits per heavy atom. The summed E-state index contributed by atoms with van der Waals surface area (Å²) in [6.07, 6.45) is 0.236. The van der Waals surface area contributed by atoms with E-state index in [0.29, 0.717) is 6.42 Å². The van der Waals surface area contributed by atoms with Crippen LogP contribution in [0.3, 0.4) is 0 Å². The number of aliphatic hydroxyl groups is 5. The molecule has 0 aromatic rings. The Labute approximate surface area is 173 Å². The minimum Gasteiger partial charge on any atom is -0.396 e. The van der Waals surface area contributed by atoms with Crippen LogP contribution in [0.25, 0.3) is 0 Å². The van der Waals surface area contributed by atoms with Crippen molar-refractivity contribution in [1.82, 2.24) is 5.32 Å². The summed E-state index contributed by atoms with van der Waals surface area (Å²) in [7, 11) is 0. The zero-order valence-electron chi connectivity index (χ0n) is 18.3. The molecule has 8 atom stereocenters. The molecule has 1 saturated carbocycles. The van der Waals surface area contributed by atoms with Gasteiger partial charge >= 0.3 is 0 Å². The van der Waals surface area contributed by atoms with Crippen molar-refractivity contribution in [2.75, 3.05) is 6.61 Å². The maximum absolute atomic E-state index is 11.9. The molecule has 1 aliphatic heterocycles. The SMILES string of the molecule is CCC(C)(CCCC1OC2(O)C(CO)C(O)C(O)C12)CC(C)(C)NC(=O)C(C)O. The molecule has 0 radical (unpaired) electrons. The van der Waals surface area contributed by atoms with Gasteiger partial charge in [-0.1, -0.05) is 26.7 Å². The zero-order valence-corrected chi connectivity index (χ0v) is 18.3. The first-order valence-electron chi connectivity index (χ1n) is 10.7. The fourth-order valence-electron chi connectivity index (χ4n) is 5.23. The lowest BCUT2D eigenvalue weighted by Gasteiger charge is -2.50. The van der Waals surface area contributed by atoms with E-state index in [1.807, 2.05) is 13.8 Å². The third-order valence-electron chi connectivity index (χ3n) is 6.91. The van der Waals surface area contributed by atoms with Crippen molar-refractivity contribution < 1.29 is 35.1 Å². The number of amides is 1. The third kappa shape index (κ3) is 4.94. The summed E-state index contributed by atoms with van der Waals surface area (Å²) in [5.41, 5.74) is -0.511. The maximum Gasteiger partial charge on any atom is 0.248 e. The zero-order chi connectivity index (χ0) is 22.2. The van der Waals surface area contributed by atoms with Gasteiger partial charge in [0.25, 0.3) is 0 Å². The molecule has 170 valence electrons. The molecule has 1 saturated heterocycles. The molecule has 1 aliphatic carbocycles. The minimum atomic E-state index is -1.65. The average molecular weight is 418 g/mol. The summed E-state index contributed by atoms with van der Waals surface area (Å²) in [5, 5.41) is 52.6. The monoisotopic (exact) mass is 417 g/mol. The number of hydrogen-bond donors (Lipinski definition) is 6. The van der Waals surface area contributed by atoms with Crippen LogP contribution in [0.5, 0.6) is 0 Å². The molecular weight excluding hydrogens is 378 g/mol. The van der Waals surface area contributed by atoms with Crippen molar-refractivity contribution >= 4 is 5.91 Å². The first-order chi connectivity index (χ1) is 13.3. The van der Waals surface area contributed by atoms with Crippen molar-refractivity contribution in [3.63, 3.8) is 0 Å². The Kier molecular flexibility index (Phi) is 7.41. The standard InChI is InChI=1S/C21H39NO7/c1-6-20(5,11-19(3,4)22-18(27)12(2)24)9-7-8-14-15-17(26)16(25)13(10-23)21(15,28)29-14/h12-17,23-26,28H,6-11H2,1-5H3,(H,22,27). The second-order valence-electron chi connectivity index (χ2n) is 9.99. The van der Waals surface area contributed by atoms with Gasteiger partial charge in [-0.25, -0.2) is 0 Å². The van der Waals surface area contributed by atoms with E-state index in [4.69, 9.17) is 4.74 Å². The Morgan fingerprint density at radius 2 is 1.86 bits per heavy atom. The van der Waals surface area contributed by atoms with Crippen LogP contribution < -0.4 is 5.32 Å². The molecule has 0 aromatic heterocycles. The average Bonchev–Trinajstić information content (AvgIpc) is 2.73. The van der Waals surface area contributed by atoms with Gasteiger partial charge in [0.15, 0.2) is 5.79 Å². The topological polar surface area (TPSA) is 139 Å². The van der Waals surface area contributed by atoms with Crippen LogP contribution in [0.1, 0.15) is 66.7 Å². The van der Waals surface area contributed by atoms with E-state index < -0.39 is 48.1 Å². The van der Waals surface area contributed by atoms with E-state index in [9.17, 15) is 30.3 Å². The van der Waals surface area contributed by atoms with Gasteiger partial charge in [0.2, 0.25) is 5.91 Å². The highest BCUT2D eigenvalue weighted by molar-refractivity contribution is 5.80. The van der Waals surface area contributed by atoms with Crippen LogP contribution in [0.2, 0.25) is 0 Å². The predicted molar refractivity (Wildman–Crippen MR) is 107 cm³/mol. The van der Waals surface area contributed by atoms with E-state index in [1.54, 1.807) is 0 Å². The summed E-state index contributed by atoms with van der Waals surface area (Å²) in [6.45, 7) is 9.16. The normalized spacial score (nSPS) is 37.4. The Bertz CT molecular complexity index is 583. The number of aliphatic hydroxyl groups excluding tert-OH is 4. The van der Waals surface area contributed by atoms with Crippen molar-refractivity contribution in [1.29, 1.82) is 0 Å². The van der Waals surface area contributed by atoms with Crippen LogP contribution in [0, 0.1) is 17.3 Å². The first-order valence-corrected chi connectivity index (χ1v) is 10.7. The van der Waals surface area contributed by atoms with Gasteiger partial charge in [0.05, 0.1) is 36.8 Å². The number of ether oxygens (including phenoxy) is 1. The molecule has 29 heavy (non-hydrogen) atoms. The summed E-state index contributed by atoms with van der Waals surface area (Å²) in [4.78, 5) is 11.9. The Hall–Kier alpha value is -0.770. The van der Waals surface area contributed by atoms with Gasteiger partial charge in [-0.15, -0.1) is 0 Å². The molecular formula is C21H39NO7. The number of hydrogen-bond acceptors (Lipinski definition) is 7. The van der Waals surface area contributed by atoms with Crippen LogP contribution >= 0.6 is 0 Å². The largest absolute Gasteiger partial charge is 0.396 e. The number of rotatable bonds is 10. The number of fused-ring (bicyclic) bond motifs is 1. The molecule has 2 aliphatic rings. The second-order valence-corrected chi connectivity index (χ2v) is 9.99. The van der Waals surface area contributed by atoms with Gasteiger partial charge < -0.3 is 35.6 Å². The molecule has 1 amide bonds. The smallest absolute Gasteiger partial charge is 0.248 e. The van der Waals surface area contributed by atoms with E-state index in [-0.39, 0.29) is 17.4 Å². The minimum absolute atomic E-state index is 0.0447. The quantitative estimate of drug-likeness (QED) is 0.300. The third-order valence-corrected chi connectivity index (χ3v) is 6.91. The summed E-state index contributed by atoms with van der Waals surface area (Å²) in [6, 6.07) is 0. The second kappa shape index (κ2) is 8.77. The van der Waals surface area contributed by atoms with Crippen molar-refractivity contribution in [3.8, 4) is 0 Å². The van der Waals surface area contributed by atoms with Crippen LogP contribution in [0.4, 0.5) is 0 Å². The van der Waals surface area contributed by atoms with Crippen molar-refractivity contribution in [2.45, 2.75) is 102 Å². The Balaban J connectivity index is 1.89. The highest BCUT2D eigenvalue weighted by atomic mass is 16.7. The first kappa shape index (κ1) is 24.5. The lowest BCUT2D eigenvalue weighted by Crippen LogP contribution is -2.62. The highest BCUT2D eigenvalue weighted by Crippen LogP contribution is 2.54. The molecule has 1 heterocycles. The molecule has 0 aromatic carbocycles. The van der Waals surface area contributed by atoms with E-state index in [0.717, 1.165) is 25.7 Å². The lowest BCUT2D eigenvalue weighted by molar-refractivity contribution is -0.381. The lowest BCUT2D eigenvalue weighted by atomic mass is 9.72.